The highest BCUT2D eigenvalue weighted by molar-refractivity contribution is 6.33. The van der Waals surface area contributed by atoms with Gasteiger partial charge in [0, 0.05) is 6.54 Å². The zero-order valence-corrected chi connectivity index (χ0v) is 12.0. The number of benzene rings is 1. The molecule has 1 aliphatic rings. The topological polar surface area (TPSA) is 61.8 Å². The van der Waals surface area contributed by atoms with Crippen LogP contribution in [0.5, 0.6) is 0 Å². The molecule has 1 fully saturated rings. The van der Waals surface area contributed by atoms with Crippen LogP contribution < -0.4 is 11.1 Å². The maximum atomic E-state index is 8.86. The van der Waals surface area contributed by atoms with Gasteiger partial charge in [-0.05, 0) is 37.0 Å². The number of nitriles is 1. The van der Waals surface area contributed by atoms with Gasteiger partial charge in [-0.2, -0.15) is 5.26 Å². The summed E-state index contributed by atoms with van der Waals surface area (Å²) < 4.78 is 0. The summed E-state index contributed by atoms with van der Waals surface area (Å²) in [6.07, 6.45) is 4.73. The molecular formula is C15H20ClN3. The van der Waals surface area contributed by atoms with Crippen LogP contribution in [0.25, 0.3) is 0 Å². The second-order valence-electron chi connectivity index (χ2n) is 5.44. The Morgan fingerprint density at radius 1 is 1.53 bits per heavy atom. The lowest BCUT2D eigenvalue weighted by molar-refractivity contribution is 0.235. The van der Waals surface area contributed by atoms with E-state index >= 15 is 0 Å². The Morgan fingerprint density at radius 2 is 2.32 bits per heavy atom. The molecule has 2 atom stereocenters. The molecule has 1 aliphatic carbocycles. The van der Waals surface area contributed by atoms with Gasteiger partial charge in [0.2, 0.25) is 0 Å². The number of nitrogens with one attached hydrogen (secondary N) is 1. The third-order valence-electron chi connectivity index (χ3n) is 4.30. The van der Waals surface area contributed by atoms with Crippen molar-refractivity contribution in [1.82, 2.24) is 0 Å². The van der Waals surface area contributed by atoms with Crippen LogP contribution in [-0.2, 0) is 0 Å². The number of hydrogen-bond donors (Lipinski definition) is 2. The Balaban J connectivity index is 2.25. The van der Waals surface area contributed by atoms with Crippen molar-refractivity contribution in [2.24, 2.45) is 11.7 Å². The van der Waals surface area contributed by atoms with Gasteiger partial charge in [-0.1, -0.05) is 31.4 Å². The highest BCUT2D eigenvalue weighted by Crippen LogP contribution is 2.37. The first kappa shape index (κ1) is 14.2. The minimum atomic E-state index is -0.0734. The van der Waals surface area contributed by atoms with Crippen LogP contribution in [0, 0.1) is 17.2 Å². The summed E-state index contributed by atoms with van der Waals surface area (Å²) in [5.41, 5.74) is 7.40. The molecule has 0 heterocycles. The summed E-state index contributed by atoms with van der Waals surface area (Å²) in [5, 5.41) is 13.0. The van der Waals surface area contributed by atoms with Gasteiger partial charge in [0.15, 0.2) is 0 Å². The molecule has 1 saturated carbocycles. The Kier molecular flexibility index (Phi) is 4.34. The minimum absolute atomic E-state index is 0.0734. The first-order valence-corrected chi connectivity index (χ1v) is 7.17. The van der Waals surface area contributed by atoms with Crippen molar-refractivity contribution in [1.29, 1.82) is 5.26 Å². The molecule has 0 aromatic heterocycles. The molecule has 1 aromatic rings. The highest BCUT2D eigenvalue weighted by atomic mass is 35.5. The van der Waals surface area contributed by atoms with E-state index in [9.17, 15) is 0 Å². The van der Waals surface area contributed by atoms with Gasteiger partial charge in [-0.25, -0.2) is 0 Å². The smallest absolute Gasteiger partial charge is 0.0992 e. The maximum Gasteiger partial charge on any atom is 0.0992 e. The van der Waals surface area contributed by atoms with Crippen molar-refractivity contribution in [3.63, 3.8) is 0 Å². The van der Waals surface area contributed by atoms with E-state index in [-0.39, 0.29) is 5.54 Å². The van der Waals surface area contributed by atoms with Crippen LogP contribution in [0.1, 0.15) is 38.2 Å². The van der Waals surface area contributed by atoms with E-state index in [4.69, 9.17) is 22.6 Å². The molecule has 4 heteroatoms. The fraction of sp³-hybridized carbons (Fsp3) is 0.533. The van der Waals surface area contributed by atoms with Crippen molar-refractivity contribution in [2.75, 3.05) is 11.9 Å². The molecule has 19 heavy (non-hydrogen) atoms. The van der Waals surface area contributed by atoms with Crippen LogP contribution in [0.4, 0.5) is 5.69 Å². The summed E-state index contributed by atoms with van der Waals surface area (Å²) in [4.78, 5) is 0. The Hall–Kier alpha value is -1.24. The van der Waals surface area contributed by atoms with Crippen LogP contribution >= 0.6 is 11.6 Å². The monoisotopic (exact) mass is 277 g/mol. The van der Waals surface area contributed by atoms with E-state index in [1.165, 1.54) is 19.3 Å². The summed E-state index contributed by atoms with van der Waals surface area (Å²) in [6.45, 7) is 2.85. The molecule has 2 rings (SSSR count). The van der Waals surface area contributed by atoms with Gasteiger partial charge in [0.05, 0.1) is 27.9 Å². The van der Waals surface area contributed by atoms with E-state index in [1.54, 1.807) is 12.1 Å². The molecule has 102 valence electrons. The molecule has 0 amide bonds. The Morgan fingerprint density at radius 3 is 2.89 bits per heavy atom. The summed E-state index contributed by atoms with van der Waals surface area (Å²) in [5.74, 6) is 0.526. The average molecular weight is 278 g/mol. The predicted octanol–water partition coefficient (Wildman–Crippen LogP) is 3.53. The summed E-state index contributed by atoms with van der Waals surface area (Å²) in [7, 11) is 0. The van der Waals surface area contributed by atoms with Gasteiger partial charge < -0.3 is 11.1 Å². The molecule has 0 aliphatic heterocycles. The van der Waals surface area contributed by atoms with Gasteiger partial charge >= 0.3 is 0 Å². The first-order valence-electron chi connectivity index (χ1n) is 6.79. The normalized spacial score (nSPS) is 26.7. The lowest BCUT2D eigenvalue weighted by atomic mass is 9.73. The first-order chi connectivity index (χ1) is 9.11. The zero-order valence-electron chi connectivity index (χ0n) is 11.2. The van der Waals surface area contributed by atoms with Crippen LogP contribution in [0.15, 0.2) is 18.2 Å². The quantitative estimate of drug-likeness (QED) is 0.888. The van der Waals surface area contributed by atoms with Crippen molar-refractivity contribution in [2.45, 2.75) is 38.1 Å². The fourth-order valence-electron chi connectivity index (χ4n) is 2.91. The van der Waals surface area contributed by atoms with Gasteiger partial charge in [-0.3, -0.25) is 0 Å². The van der Waals surface area contributed by atoms with Crippen molar-refractivity contribution in [3.05, 3.63) is 28.8 Å². The molecule has 0 bridgehead atoms. The Labute approximate surface area is 119 Å². The van der Waals surface area contributed by atoms with E-state index < -0.39 is 0 Å². The number of anilines is 1. The molecule has 0 radical (unpaired) electrons. The second-order valence-corrected chi connectivity index (χ2v) is 5.85. The highest BCUT2D eigenvalue weighted by Gasteiger charge is 2.37. The number of hydrogen-bond acceptors (Lipinski definition) is 3. The van der Waals surface area contributed by atoms with E-state index in [0.29, 0.717) is 23.0 Å². The fourth-order valence-corrected chi connectivity index (χ4v) is 3.14. The number of nitrogens with two attached hydrogens (primary N) is 1. The molecular weight excluding hydrogens is 258 g/mol. The van der Waals surface area contributed by atoms with E-state index in [2.05, 4.69) is 18.3 Å². The van der Waals surface area contributed by atoms with Crippen LogP contribution in [0.2, 0.25) is 5.02 Å². The van der Waals surface area contributed by atoms with E-state index in [1.807, 2.05) is 6.07 Å². The van der Waals surface area contributed by atoms with Gasteiger partial charge in [-0.15, -0.1) is 0 Å². The SMILES string of the molecule is CC1CCCCC1(CN)Nc1ccc(C#N)cc1Cl. The largest absolute Gasteiger partial charge is 0.377 e. The van der Waals surface area contributed by atoms with Crippen LogP contribution in [0.3, 0.4) is 0 Å². The molecule has 3 nitrogen and oxygen atoms in total. The molecule has 2 unspecified atom stereocenters. The molecule has 0 saturated heterocycles. The molecule has 1 aromatic carbocycles. The third kappa shape index (κ3) is 2.86. The van der Waals surface area contributed by atoms with Gasteiger partial charge in [0.1, 0.15) is 0 Å². The minimum Gasteiger partial charge on any atom is -0.377 e. The van der Waals surface area contributed by atoms with Gasteiger partial charge in [0.25, 0.3) is 0 Å². The zero-order chi connectivity index (χ0) is 13.9. The van der Waals surface area contributed by atoms with Crippen LogP contribution in [-0.4, -0.2) is 12.1 Å². The molecule has 0 spiro atoms. The predicted molar refractivity (Wildman–Crippen MR) is 79.2 cm³/mol. The maximum absolute atomic E-state index is 8.86. The summed E-state index contributed by atoms with van der Waals surface area (Å²) >= 11 is 6.24. The van der Waals surface area contributed by atoms with E-state index in [0.717, 1.165) is 12.1 Å². The van der Waals surface area contributed by atoms with Crippen molar-refractivity contribution >= 4 is 17.3 Å². The van der Waals surface area contributed by atoms with Crippen molar-refractivity contribution in [3.8, 4) is 6.07 Å². The number of rotatable bonds is 3. The number of halogens is 1. The van der Waals surface area contributed by atoms with Crippen molar-refractivity contribution < 1.29 is 0 Å². The summed E-state index contributed by atoms with van der Waals surface area (Å²) in [6, 6.07) is 7.45. The lowest BCUT2D eigenvalue weighted by Gasteiger charge is -2.43. The standard InChI is InChI=1S/C15H20ClN3/c1-11-4-2-3-7-15(11,10-18)19-14-6-5-12(9-17)8-13(14)16/h5-6,8,11,19H,2-4,7,10,18H2,1H3. The molecule has 3 N–H and O–H groups in total. The third-order valence-corrected chi connectivity index (χ3v) is 4.61. The second kappa shape index (κ2) is 5.81. The average Bonchev–Trinajstić information content (AvgIpc) is 2.43. The Bertz CT molecular complexity index is 495. The number of nitrogens with zero attached hydrogens (tertiary/aromatic N) is 1. The lowest BCUT2D eigenvalue weighted by Crippen LogP contribution is -2.52.